The lowest BCUT2D eigenvalue weighted by molar-refractivity contribution is 0.589. The van der Waals surface area contributed by atoms with E-state index in [1.807, 2.05) is 0 Å². The maximum absolute atomic E-state index is 13.2. The second-order valence-corrected chi connectivity index (χ2v) is 3.12. The van der Waals surface area contributed by atoms with Gasteiger partial charge in [0.05, 0.1) is 17.3 Å². The third-order valence-corrected chi connectivity index (χ3v) is 2.26. The summed E-state index contributed by atoms with van der Waals surface area (Å²) in [4.78, 5) is 0. The maximum atomic E-state index is 13.2. The molecule has 0 atom stereocenters. The summed E-state index contributed by atoms with van der Waals surface area (Å²) in [6, 6.07) is 3.58. The standard InChI is InChI=1S/C8H5F2N3S/c9-4-2-1-3-5(10)6(4)7-8(11)13-14-12-7/h1-3H,(H2,11,13). The Morgan fingerprint density at radius 2 is 1.79 bits per heavy atom. The van der Waals surface area contributed by atoms with E-state index in [1.54, 1.807) is 0 Å². The number of halogens is 2. The SMILES string of the molecule is Nc1nsnc1-c1c(F)cccc1F. The first-order valence-corrected chi connectivity index (χ1v) is 4.45. The third kappa shape index (κ3) is 1.33. The fourth-order valence-electron chi connectivity index (χ4n) is 1.09. The molecule has 0 radical (unpaired) electrons. The minimum atomic E-state index is -0.690. The molecule has 0 amide bonds. The Balaban J connectivity index is 2.68. The molecular formula is C8H5F2N3S. The molecule has 3 nitrogen and oxygen atoms in total. The van der Waals surface area contributed by atoms with Gasteiger partial charge in [0, 0.05) is 0 Å². The predicted octanol–water partition coefficient (Wildman–Crippen LogP) is 2.07. The van der Waals surface area contributed by atoms with Crippen molar-refractivity contribution in [1.29, 1.82) is 0 Å². The van der Waals surface area contributed by atoms with Gasteiger partial charge < -0.3 is 5.73 Å². The first-order valence-electron chi connectivity index (χ1n) is 3.72. The average molecular weight is 213 g/mol. The van der Waals surface area contributed by atoms with Gasteiger partial charge in [-0.25, -0.2) is 8.78 Å². The normalized spacial score (nSPS) is 10.4. The van der Waals surface area contributed by atoms with Gasteiger partial charge in [0.2, 0.25) is 0 Å². The van der Waals surface area contributed by atoms with Gasteiger partial charge in [-0.3, -0.25) is 0 Å². The molecule has 0 aliphatic rings. The number of hydrogen-bond acceptors (Lipinski definition) is 4. The lowest BCUT2D eigenvalue weighted by Gasteiger charge is -2.00. The second-order valence-electron chi connectivity index (χ2n) is 2.59. The summed E-state index contributed by atoms with van der Waals surface area (Å²) in [5, 5.41) is 0. The number of benzene rings is 1. The summed E-state index contributed by atoms with van der Waals surface area (Å²) in [5.74, 6) is -1.34. The van der Waals surface area contributed by atoms with Gasteiger partial charge in [-0.05, 0) is 12.1 Å². The van der Waals surface area contributed by atoms with E-state index in [1.165, 1.54) is 6.07 Å². The van der Waals surface area contributed by atoms with Gasteiger partial charge in [-0.2, -0.15) is 8.75 Å². The zero-order chi connectivity index (χ0) is 10.1. The van der Waals surface area contributed by atoms with E-state index in [0.717, 1.165) is 23.9 Å². The van der Waals surface area contributed by atoms with Crippen molar-refractivity contribution in [2.45, 2.75) is 0 Å². The highest BCUT2D eigenvalue weighted by molar-refractivity contribution is 6.99. The minimum Gasteiger partial charge on any atom is -0.381 e. The third-order valence-electron chi connectivity index (χ3n) is 1.71. The fraction of sp³-hybridized carbons (Fsp3) is 0. The molecule has 0 saturated carbocycles. The van der Waals surface area contributed by atoms with Crippen LogP contribution in [-0.2, 0) is 0 Å². The van der Waals surface area contributed by atoms with Crippen LogP contribution in [0, 0.1) is 11.6 Å². The van der Waals surface area contributed by atoms with E-state index in [2.05, 4.69) is 8.75 Å². The molecule has 0 aliphatic carbocycles. The summed E-state index contributed by atoms with van der Waals surface area (Å²) in [7, 11) is 0. The number of nitrogens with zero attached hydrogens (tertiary/aromatic N) is 2. The summed E-state index contributed by atoms with van der Waals surface area (Å²) in [6.45, 7) is 0. The van der Waals surface area contributed by atoms with Crippen molar-refractivity contribution in [3.63, 3.8) is 0 Å². The number of hydrogen-bond donors (Lipinski definition) is 1. The van der Waals surface area contributed by atoms with E-state index < -0.39 is 11.6 Å². The maximum Gasteiger partial charge on any atom is 0.165 e. The van der Waals surface area contributed by atoms with Crippen LogP contribution < -0.4 is 5.73 Å². The highest BCUT2D eigenvalue weighted by Crippen LogP contribution is 2.28. The van der Waals surface area contributed by atoms with E-state index >= 15 is 0 Å². The Morgan fingerprint density at radius 1 is 1.14 bits per heavy atom. The van der Waals surface area contributed by atoms with Crippen molar-refractivity contribution in [2.24, 2.45) is 0 Å². The Bertz CT molecular complexity index is 449. The van der Waals surface area contributed by atoms with Crippen molar-refractivity contribution in [2.75, 3.05) is 5.73 Å². The number of nitrogen functional groups attached to an aromatic ring is 1. The molecule has 0 fully saturated rings. The van der Waals surface area contributed by atoms with Crippen LogP contribution in [0.1, 0.15) is 0 Å². The van der Waals surface area contributed by atoms with Crippen LogP contribution >= 0.6 is 11.7 Å². The number of nitrogens with two attached hydrogens (primary N) is 1. The topological polar surface area (TPSA) is 51.8 Å². The predicted molar refractivity (Wildman–Crippen MR) is 49.7 cm³/mol. The zero-order valence-corrected chi connectivity index (χ0v) is 7.68. The Labute approximate surface area is 82.5 Å². The van der Waals surface area contributed by atoms with Gasteiger partial charge in [0.25, 0.3) is 0 Å². The smallest absolute Gasteiger partial charge is 0.165 e. The fourth-order valence-corrected chi connectivity index (χ4v) is 1.57. The first kappa shape index (κ1) is 9.01. The van der Waals surface area contributed by atoms with E-state index in [9.17, 15) is 8.78 Å². The highest BCUT2D eigenvalue weighted by atomic mass is 32.1. The summed E-state index contributed by atoms with van der Waals surface area (Å²) < 4.78 is 33.9. The molecule has 72 valence electrons. The molecule has 0 aliphatic heterocycles. The van der Waals surface area contributed by atoms with Crippen LogP contribution in [0.3, 0.4) is 0 Å². The molecule has 6 heteroatoms. The lowest BCUT2D eigenvalue weighted by Crippen LogP contribution is -1.94. The van der Waals surface area contributed by atoms with Crippen molar-refractivity contribution >= 4 is 17.5 Å². The minimum absolute atomic E-state index is 0.0407. The van der Waals surface area contributed by atoms with Crippen LogP contribution in [0.4, 0.5) is 14.6 Å². The lowest BCUT2D eigenvalue weighted by atomic mass is 10.1. The molecule has 14 heavy (non-hydrogen) atoms. The van der Waals surface area contributed by atoms with E-state index in [-0.39, 0.29) is 17.1 Å². The monoisotopic (exact) mass is 213 g/mol. The van der Waals surface area contributed by atoms with Gasteiger partial charge in [0.1, 0.15) is 17.3 Å². The molecule has 0 bridgehead atoms. The number of rotatable bonds is 1. The van der Waals surface area contributed by atoms with E-state index in [0.29, 0.717) is 0 Å². The molecule has 0 unspecified atom stereocenters. The van der Waals surface area contributed by atoms with E-state index in [4.69, 9.17) is 5.73 Å². The molecule has 0 spiro atoms. The molecule has 1 heterocycles. The molecule has 1 aromatic heterocycles. The van der Waals surface area contributed by atoms with Crippen LogP contribution in [0.15, 0.2) is 18.2 Å². The highest BCUT2D eigenvalue weighted by Gasteiger charge is 2.16. The number of aromatic nitrogens is 2. The summed E-state index contributed by atoms with van der Waals surface area (Å²) in [5.41, 5.74) is 5.25. The van der Waals surface area contributed by atoms with Crippen molar-refractivity contribution in [1.82, 2.24) is 8.75 Å². The van der Waals surface area contributed by atoms with Crippen molar-refractivity contribution < 1.29 is 8.78 Å². The van der Waals surface area contributed by atoms with Crippen LogP contribution in [0.25, 0.3) is 11.3 Å². The molecular weight excluding hydrogens is 208 g/mol. The second kappa shape index (κ2) is 3.30. The number of anilines is 1. The summed E-state index contributed by atoms with van der Waals surface area (Å²) >= 11 is 0.820. The zero-order valence-electron chi connectivity index (χ0n) is 6.87. The van der Waals surface area contributed by atoms with Gasteiger partial charge in [-0.15, -0.1) is 0 Å². The van der Waals surface area contributed by atoms with Crippen LogP contribution in [0.5, 0.6) is 0 Å². The Kier molecular flexibility index (Phi) is 2.12. The first-order chi connectivity index (χ1) is 6.70. The molecule has 2 rings (SSSR count). The summed E-state index contributed by atoms with van der Waals surface area (Å²) in [6.07, 6.45) is 0. The van der Waals surface area contributed by atoms with Gasteiger partial charge in [0.15, 0.2) is 5.82 Å². The molecule has 2 N–H and O–H groups in total. The molecule has 2 aromatic rings. The van der Waals surface area contributed by atoms with Crippen molar-refractivity contribution in [3.05, 3.63) is 29.8 Å². The van der Waals surface area contributed by atoms with Gasteiger partial charge in [-0.1, -0.05) is 6.07 Å². The molecule has 0 saturated heterocycles. The molecule has 1 aromatic carbocycles. The largest absolute Gasteiger partial charge is 0.381 e. The average Bonchev–Trinajstić information content (AvgIpc) is 2.52. The Hall–Kier alpha value is -1.56. The van der Waals surface area contributed by atoms with Crippen LogP contribution in [-0.4, -0.2) is 8.75 Å². The quantitative estimate of drug-likeness (QED) is 0.788. The Morgan fingerprint density at radius 3 is 2.29 bits per heavy atom. The van der Waals surface area contributed by atoms with Gasteiger partial charge >= 0.3 is 0 Å². The van der Waals surface area contributed by atoms with Crippen LogP contribution in [0.2, 0.25) is 0 Å². The van der Waals surface area contributed by atoms with Crippen molar-refractivity contribution in [3.8, 4) is 11.3 Å².